The molecule has 0 saturated carbocycles. The number of aliphatic imine (C=N–C) groups is 1. The number of aliphatic hydroxyl groups is 2. The van der Waals surface area contributed by atoms with Gasteiger partial charge in [-0.25, -0.2) is 0 Å². The first-order valence-corrected chi connectivity index (χ1v) is 7.59. The monoisotopic (exact) mass is 362 g/mol. The van der Waals surface area contributed by atoms with Gasteiger partial charge in [-0.05, 0) is 19.3 Å². The van der Waals surface area contributed by atoms with E-state index in [2.05, 4.69) is 15.6 Å². The molecule has 0 unspecified atom stereocenters. The van der Waals surface area contributed by atoms with Crippen LogP contribution in [0.15, 0.2) is 4.99 Å². The van der Waals surface area contributed by atoms with Gasteiger partial charge in [-0.3, -0.25) is 19.4 Å². The highest BCUT2D eigenvalue weighted by Gasteiger charge is 2.20. The predicted molar refractivity (Wildman–Crippen MR) is 87.9 cm³/mol. The number of hydrogen-bond donors (Lipinski definition) is 8. The largest absolute Gasteiger partial charge is 0.481 e. The molecule has 0 saturated heterocycles. The zero-order chi connectivity index (χ0) is 19.4. The minimum absolute atomic E-state index is 0.0639. The number of aliphatic carboxylic acids is 1. The van der Waals surface area contributed by atoms with Crippen molar-refractivity contribution < 1.29 is 29.7 Å². The number of carboxylic acid groups (broad SMARTS) is 1. The Hall–Kier alpha value is -2.44. The molecule has 144 valence electrons. The molecular weight excluding hydrogens is 336 g/mol. The Morgan fingerprint density at radius 2 is 1.76 bits per heavy atom. The lowest BCUT2D eigenvalue weighted by Crippen LogP contribution is -2.49. The Morgan fingerprint density at radius 1 is 1.12 bits per heavy atom. The molecule has 25 heavy (non-hydrogen) atoms. The van der Waals surface area contributed by atoms with E-state index in [0.29, 0.717) is 6.42 Å². The van der Waals surface area contributed by atoms with Gasteiger partial charge in [0, 0.05) is 13.0 Å². The van der Waals surface area contributed by atoms with Gasteiger partial charge in [0.1, 0.15) is 0 Å². The molecule has 2 amide bonds. The van der Waals surface area contributed by atoms with E-state index in [1.165, 1.54) is 0 Å². The van der Waals surface area contributed by atoms with Crippen LogP contribution in [0.2, 0.25) is 0 Å². The standard InChI is InChI=1S/C13H26N6O6/c14-7(3-4-10(21)22)11(23)18-6-9(20)19-8(12(24)25)2-1-5-17-13(15)16/h7-8,12,24-25H,1-6,14H2,(H,18,23)(H,19,20)(H,21,22)(H4,15,16,17)/t7-,8-/m0/s1. The lowest BCUT2D eigenvalue weighted by atomic mass is 10.1. The van der Waals surface area contributed by atoms with Crippen LogP contribution in [0.5, 0.6) is 0 Å². The van der Waals surface area contributed by atoms with Crippen LogP contribution in [0, 0.1) is 0 Å². The topological polar surface area (TPSA) is 226 Å². The van der Waals surface area contributed by atoms with Crippen LogP contribution in [0.1, 0.15) is 25.7 Å². The molecule has 0 aliphatic carbocycles. The third-order valence-corrected chi connectivity index (χ3v) is 3.10. The number of hydrogen-bond acceptors (Lipinski definition) is 7. The summed E-state index contributed by atoms with van der Waals surface area (Å²) in [6, 6.07) is -2.01. The van der Waals surface area contributed by atoms with Gasteiger partial charge in [0.25, 0.3) is 0 Å². The average molecular weight is 362 g/mol. The van der Waals surface area contributed by atoms with Crippen molar-refractivity contribution in [1.82, 2.24) is 10.6 Å². The quantitative estimate of drug-likeness (QED) is 0.0734. The molecule has 0 bridgehead atoms. The second-order valence-corrected chi connectivity index (χ2v) is 5.29. The van der Waals surface area contributed by atoms with Gasteiger partial charge in [0.05, 0.1) is 18.6 Å². The zero-order valence-electron chi connectivity index (χ0n) is 13.7. The van der Waals surface area contributed by atoms with Crippen molar-refractivity contribution in [2.75, 3.05) is 13.1 Å². The predicted octanol–water partition coefficient (Wildman–Crippen LogP) is -3.86. The van der Waals surface area contributed by atoms with Gasteiger partial charge in [-0.2, -0.15) is 0 Å². The van der Waals surface area contributed by atoms with Gasteiger partial charge >= 0.3 is 5.97 Å². The van der Waals surface area contributed by atoms with Crippen molar-refractivity contribution in [3.05, 3.63) is 0 Å². The number of carbonyl (C=O) groups excluding carboxylic acids is 2. The van der Waals surface area contributed by atoms with E-state index in [0.717, 1.165) is 0 Å². The summed E-state index contributed by atoms with van der Waals surface area (Å²) in [5, 5.41) is 31.6. The number of nitrogens with zero attached hydrogens (tertiary/aromatic N) is 1. The highest BCUT2D eigenvalue weighted by molar-refractivity contribution is 5.87. The Balaban J connectivity index is 4.23. The first-order chi connectivity index (χ1) is 11.6. The van der Waals surface area contributed by atoms with E-state index in [1.807, 2.05) is 0 Å². The number of nitrogens with two attached hydrogens (primary N) is 3. The van der Waals surface area contributed by atoms with Gasteiger partial charge in [-0.15, -0.1) is 0 Å². The van der Waals surface area contributed by atoms with E-state index in [4.69, 9.17) is 22.3 Å². The van der Waals surface area contributed by atoms with Crippen LogP contribution in [0.3, 0.4) is 0 Å². The lowest BCUT2D eigenvalue weighted by Gasteiger charge is -2.20. The summed E-state index contributed by atoms with van der Waals surface area (Å²) < 4.78 is 0. The van der Waals surface area contributed by atoms with Crippen molar-refractivity contribution in [2.45, 2.75) is 44.1 Å². The second kappa shape index (κ2) is 12.0. The van der Waals surface area contributed by atoms with E-state index < -0.39 is 42.7 Å². The molecule has 0 aliphatic heterocycles. The maximum Gasteiger partial charge on any atom is 0.303 e. The van der Waals surface area contributed by atoms with Crippen LogP contribution in [-0.2, 0) is 14.4 Å². The minimum Gasteiger partial charge on any atom is -0.481 e. The molecule has 2 atom stereocenters. The Labute approximate surface area is 144 Å². The molecule has 0 fully saturated rings. The fourth-order valence-electron chi connectivity index (χ4n) is 1.78. The summed E-state index contributed by atoms with van der Waals surface area (Å²) in [5.41, 5.74) is 15.8. The number of nitrogens with one attached hydrogen (secondary N) is 2. The number of rotatable bonds is 12. The van der Waals surface area contributed by atoms with E-state index in [9.17, 15) is 24.6 Å². The van der Waals surface area contributed by atoms with E-state index in [1.54, 1.807) is 0 Å². The summed E-state index contributed by atoms with van der Waals surface area (Å²) in [6.07, 6.45) is -1.53. The van der Waals surface area contributed by atoms with E-state index >= 15 is 0 Å². The summed E-state index contributed by atoms with van der Waals surface area (Å²) in [4.78, 5) is 37.5. The number of carboxylic acids is 1. The van der Waals surface area contributed by atoms with Crippen LogP contribution in [0.4, 0.5) is 0 Å². The number of amides is 2. The second-order valence-electron chi connectivity index (χ2n) is 5.29. The van der Waals surface area contributed by atoms with Crippen LogP contribution in [-0.4, -0.2) is 70.5 Å². The first kappa shape index (κ1) is 22.6. The maximum absolute atomic E-state index is 11.7. The van der Waals surface area contributed by atoms with E-state index in [-0.39, 0.29) is 31.8 Å². The van der Waals surface area contributed by atoms with Crippen LogP contribution < -0.4 is 27.8 Å². The third-order valence-electron chi connectivity index (χ3n) is 3.10. The van der Waals surface area contributed by atoms with Gasteiger partial charge < -0.3 is 43.2 Å². The Morgan fingerprint density at radius 3 is 2.28 bits per heavy atom. The maximum atomic E-state index is 11.7. The molecule has 0 spiro atoms. The van der Waals surface area contributed by atoms with Gasteiger partial charge in [0.15, 0.2) is 12.2 Å². The molecule has 0 aromatic carbocycles. The van der Waals surface area contributed by atoms with Gasteiger partial charge in [0.2, 0.25) is 11.8 Å². The molecule has 12 heteroatoms. The lowest BCUT2D eigenvalue weighted by molar-refractivity contribution is -0.137. The molecule has 0 rings (SSSR count). The number of guanidine groups is 1. The molecule has 0 aromatic rings. The van der Waals surface area contributed by atoms with Crippen molar-refractivity contribution in [2.24, 2.45) is 22.2 Å². The summed E-state index contributed by atoms with van der Waals surface area (Å²) >= 11 is 0. The van der Waals surface area contributed by atoms with Crippen molar-refractivity contribution in [1.29, 1.82) is 0 Å². The highest BCUT2D eigenvalue weighted by Crippen LogP contribution is 2.01. The van der Waals surface area contributed by atoms with Crippen molar-refractivity contribution >= 4 is 23.7 Å². The highest BCUT2D eigenvalue weighted by atomic mass is 16.5. The summed E-state index contributed by atoms with van der Waals surface area (Å²) in [5.74, 6) is -2.50. The number of carbonyl (C=O) groups is 3. The third kappa shape index (κ3) is 11.7. The average Bonchev–Trinajstić information content (AvgIpc) is 2.52. The Kier molecular flexibility index (Phi) is 10.8. The molecule has 0 heterocycles. The van der Waals surface area contributed by atoms with Crippen LogP contribution in [0.25, 0.3) is 0 Å². The zero-order valence-corrected chi connectivity index (χ0v) is 13.7. The van der Waals surface area contributed by atoms with Crippen LogP contribution >= 0.6 is 0 Å². The molecule has 0 aromatic heterocycles. The van der Waals surface area contributed by atoms with Crippen molar-refractivity contribution in [3.8, 4) is 0 Å². The summed E-state index contributed by atoms with van der Waals surface area (Å²) in [7, 11) is 0. The van der Waals surface area contributed by atoms with Crippen molar-refractivity contribution in [3.63, 3.8) is 0 Å². The Bertz CT molecular complexity index is 480. The fourth-order valence-corrected chi connectivity index (χ4v) is 1.78. The molecule has 0 radical (unpaired) electrons. The first-order valence-electron chi connectivity index (χ1n) is 7.59. The molecule has 12 nitrogen and oxygen atoms in total. The smallest absolute Gasteiger partial charge is 0.303 e. The SMILES string of the molecule is NC(N)=NCCC[C@H](NC(=O)CNC(=O)[C@@H](N)CCC(=O)O)C(O)O. The molecule has 0 aliphatic rings. The fraction of sp³-hybridized carbons (Fsp3) is 0.692. The number of aliphatic hydroxyl groups excluding tert-OH is 1. The van der Waals surface area contributed by atoms with Gasteiger partial charge in [-0.1, -0.05) is 0 Å². The minimum atomic E-state index is -1.79. The summed E-state index contributed by atoms with van der Waals surface area (Å²) in [6.45, 7) is -0.173. The molecule has 11 N–H and O–H groups in total. The molecular formula is C13H26N6O6. The normalized spacial score (nSPS) is 13.0.